The van der Waals surface area contributed by atoms with E-state index in [1.807, 2.05) is 0 Å². The molecule has 0 spiro atoms. The second-order valence-corrected chi connectivity index (χ2v) is 3.82. The molecule has 1 atom stereocenters. The van der Waals surface area contributed by atoms with Crippen LogP contribution in [-0.2, 0) is 9.59 Å². The molecule has 17 heavy (non-hydrogen) atoms. The molecule has 0 unspecified atom stereocenters. The summed E-state index contributed by atoms with van der Waals surface area (Å²) in [6.07, 6.45) is 1.72. The molecule has 0 radical (unpaired) electrons. The lowest BCUT2D eigenvalue weighted by Gasteiger charge is -2.12. The molecule has 0 heterocycles. The van der Waals surface area contributed by atoms with E-state index in [0.717, 1.165) is 0 Å². The minimum atomic E-state index is -1.50. The predicted octanol–water partition coefficient (Wildman–Crippen LogP) is 1.04. The highest BCUT2D eigenvalue weighted by atomic mass is 16.4. The highest BCUT2D eigenvalue weighted by Crippen LogP contribution is 2.07. The first-order chi connectivity index (χ1) is 8.40. The van der Waals surface area contributed by atoms with E-state index >= 15 is 0 Å². The van der Waals surface area contributed by atoms with Crippen molar-refractivity contribution in [2.24, 2.45) is 5.73 Å². The van der Waals surface area contributed by atoms with Crippen molar-refractivity contribution in [2.75, 3.05) is 0 Å². The minimum absolute atomic E-state index is 0.180. The van der Waals surface area contributed by atoms with Gasteiger partial charge in [-0.15, -0.1) is 0 Å². The van der Waals surface area contributed by atoms with Crippen LogP contribution in [0.1, 0.15) is 45.4 Å². The zero-order valence-corrected chi connectivity index (χ0v) is 10.0. The summed E-state index contributed by atoms with van der Waals surface area (Å²) in [4.78, 5) is 32.6. The zero-order valence-electron chi connectivity index (χ0n) is 11.0. The predicted molar refractivity (Wildman–Crippen MR) is 62.5 cm³/mol. The molecule has 2 amide bonds. The average Bonchev–Trinajstić information content (AvgIpc) is 2.31. The molecule has 0 aromatic heterocycles. The molecule has 0 rings (SSSR count). The van der Waals surface area contributed by atoms with E-state index in [4.69, 9.17) is 12.3 Å². The van der Waals surface area contributed by atoms with Crippen molar-refractivity contribution < 1.29 is 20.9 Å². The number of hydrogen-bond donors (Lipinski definition) is 3. The van der Waals surface area contributed by atoms with Crippen LogP contribution >= 0.6 is 0 Å². The highest BCUT2D eigenvalue weighted by molar-refractivity contribution is 5.83. The summed E-state index contributed by atoms with van der Waals surface area (Å²) in [5.41, 5.74) is 5.04. The molecule has 0 fully saturated rings. The first-order valence-electron chi connectivity index (χ1n) is 6.16. The third-order valence-electron chi connectivity index (χ3n) is 2.42. The van der Waals surface area contributed by atoms with Crippen LogP contribution in [0.2, 0.25) is 1.41 Å². The van der Waals surface area contributed by atoms with Crippen molar-refractivity contribution in [2.45, 2.75) is 51.5 Å². The van der Waals surface area contributed by atoms with Gasteiger partial charge >= 0.3 is 6.09 Å². The smallest absolute Gasteiger partial charge is 0.405 e. The van der Waals surface area contributed by atoms with E-state index < -0.39 is 18.0 Å². The van der Waals surface area contributed by atoms with Crippen LogP contribution in [0.15, 0.2) is 0 Å². The molecule has 0 aromatic carbocycles. The topological polar surface area (TPSA) is 109 Å². The van der Waals surface area contributed by atoms with Crippen molar-refractivity contribution in [1.82, 2.24) is 5.31 Å². The number of ketones is 1. The minimum Gasteiger partial charge on any atom is -0.465 e. The van der Waals surface area contributed by atoms with Crippen LogP contribution in [0, 0.1) is 0 Å². The number of amides is 2. The standard InChI is InChI=1S/C11H20N2O4/c1-2-8(14)6-4-3-5-7-9(10(12)15)13-11(16)17/h9,13H,2-7H2,1H3,(H2,12,15)(H,16,17)/t9-/m0/s1/i/hT. The molecule has 0 aliphatic rings. The summed E-state index contributed by atoms with van der Waals surface area (Å²) in [5.74, 6) is -0.633. The first-order valence-corrected chi connectivity index (χ1v) is 5.72. The Labute approximate surface area is 102 Å². The number of unbranched alkanes of at least 4 members (excludes halogenated alkanes) is 2. The van der Waals surface area contributed by atoms with Gasteiger partial charge in [0.15, 0.2) is 1.41 Å². The van der Waals surface area contributed by atoms with Gasteiger partial charge in [-0.05, 0) is 12.8 Å². The maximum Gasteiger partial charge on any atom is 0.405 e. The van der Waals surface area contributed by atoms with E-state index in [0.29, 0.717) is 32.1 Å². The second kappa shape index (κ2) is 8.55. The van der Waals surface area contributed by atoms with Crippen LogP contribution in [-0.4, -0.2) is 28.9 Å². The lowest BCUT2D eigenvalue weighted by Crippen LogP contribution is -2.43. The Bertz CT molecular complexity index is 309. The Morgan fingerprint density at radius 3 is 2.47 bits per heavy atom. The van der Waals surface area contributed by atoms with E-state index in [2.05, 4.69) is 0 Å². The van der Waals surface area contributed by atoms with Crippen LogP contribution in [0.4, 0.5) is 4.79 Å². The molecule has 6 heteroatoms. The summed E-state index contributed by atoms with van der Waals surface area (Å²) >= 11 is 0. The van der Waals surface area contributed by atoms with Gasteiger partial charge in [0.25, 0.3) is 0 Å². The Morgan fingerprint density at radius 1 is 1.35 bits per heavy atom. The Kier molecular flexibility index (Phi) is 6.78. The molecule has 0 aliphatic heterocycles. The van der Waals surface area contributed by atoms with Crippen molar-refractivity contribution in [3.8, 4) is 0 Å². The molecule has 0 bridgehead atoms. The fourth-order valence-corrected chi connectivity index (χ4v) is 1.42. The molecule has 0 saturated carbocycles. The quantitative estimate of drug-likeness (QED) is 0.528. The number of nitrogens with two attached hydrogens (primary N) is 1. The summed E-state index contributed by atoms with van der Waals surface area (Å²) < 4.78 is 7.17. The number of rotatable bonds is 9. The van der Waals surface area contributed by atoms with E-state index in [-0.39, 0.29) is 17.5 Å². The zero-order chi connectivity index (χ0) is 14.1. The SMILES string of the molecule is [3H]N(C(=O)O)[C@@H](CCCCCC(=O)CC)C(N)=O. The third-order valence-corrected chi connectivity index (χ3v) is 2.42. The summed E-state index contributed by atoms with van der Waals surface area (Å²) in [7, 11) is 0. The second-order valence-electron chi connectivity index (χ2n) is 3.82. The lowest BCUT2D eigenvalue weighted by molar-refractivity contribution is -0.120. The number of carbonyl (C=O) groups excluding carboxylic acids is 2. The van der Waals surface area contributed by atoms with Crippen molar-refractivity contribution in [1.29, 1.82) is 0 Å². The number of nitrogens with one attached hydrogen (secondary N) is 1. The largest absolute Gasteiger partial charge is 0.465 e. The Hall–Kier alpha value is -1.59. The molecule has 0 saturated heterocycles. The number of carboxylic acid groups (broad SMARTS) is 1. The van der Waals surface area contributed by atoms with Gasteiger partial charge in [0.1, 0.15) is 11.8 Å². The average molecular weight is 246 g/mol. The molecule has 98 valence electrons. The first kappa shape index (κ1) is 13.5. The van der Waals surface area contributed by atoms with Crippen molar-refractivity contribution >= 4 is 17.8 Å². The highest BCUT2D eigenvalue weighted by Gasteiger charge is 2.16. The Morgan fingerprint density at radius 2 is 2.00 bits per heavy atom. The molecule has 0 aromatic rings. The van der Waals surface area contributed by atoms with Gasteiger partial charge in [0.2, 0.25) is 5.91 Å². The van der Waals surface area contributed by atoms with Crippen molar-refractivity contribution in [3.63, 3.8) is 0 Å². The van der Waals surface area contributed by atoms with Crippen LogP contribution in [0.5, 0.6) is 0 Å². The number of primary amides is 1. The maximum atomic E-state index is 11.0. The van der Waals surface area contributed by atoms with Gasteiger partial charge in [0, 0.05) is 12.8 Å². The van der Waals surface area contributed by atoms with Gasteiger partial charge in [-0.25, -0.2) is 4.79 Å². The molecule has 6 nitrogen and oxygen atoms in total. The lowest BCUT2D eigenvalue weighted by atomic mass is 10.0. The summed E-state index contributed by atoms with van der Waals surface area (Å²) in [5, 5.41) is 8.77. The Balaban J connectivity index is 3.96. The third kappa shape index (κ3) is 8.24. The molecule has 0 aliphatic carbocycles. The maximum absolute atomic E-state index is 11.0. The van der Waals surface area contributed by atoms with Gasteiger partial charge in [-0.2, -0.15) is 0 Å². The molecule has 4 N–H and O–H groups in total. The fraction of sp³-hybridized carbons (Fsp3) is 0.727. The fourth-order valence-electron chi connectivity index (χ4n) is 1.42. The monoisotopic (exact) mass is 246 g/mol. The van der Waals surface area contributed by atoms with Gasteiger partial charge in [-0.3, -0.25) is 9.59 Å². The normalized spacial score (nSPS) is 12.6. The van der Waals surface area contributed by atoms with Crippen LogP contribution in [0.3, 0.4) is 0 Å². The van der Waals surface area contributed by atoms with Crippen LogP contribution < -0.4 is 11.0 Å². The number of Topliss-reactive ketones (excluding diaryl/α,β-unsaturated/α-hetero) is 1. The van der Waals surface area contributed by atoms with E-state index in [1.165, 1.54) is 0 Å². The number of carbonyl (C=O) groups is 3. The van der Waals surface area contributed by atoms with Crippen molar-refractivity contribution in [3.05, 3.63) is 0 Å². The number of hydrogen-bond acceptors (Lipinski definition) is 3. The van der Waals surface area contributed by atoms with Crippen LogP contribution in [0.25, 0.3) is 0 Å². The van der Waals surface area contributed by atoms with E-state index in [1.54, 1.807) is 6.92 Å². The molecular weight excluding hydrogens is 224 g/mol. The van der Waals surface area contributed by atoms with Gasteiger partial charge < -0.3 is 16.2 Å². The summed E-state index contributed by atoms with van der Waals surface area (Å²) in [6, 6.07) is -1.12. The molecular formula is C11H20N2O4. The van der Waals surface area contributed by atoms with E-state index in [9.17, 15) is 14.4 Å². The van der Waals surface area contributed by atoms with Gasteiger partial charge in [-0.1, -0.05) is 19.8 Å². The van der Waals surface area contributed by atoms with Gasteiger partial charge in [0.05, 0.1) is 0 Å². The summed E-state index contributed by atoms with van der Waals surface area (Å²) in [6.45, 7) is 1.80.